The zero-order valence-corrected chi connectivity index (χ0v) is 12.3. The van der Waals surface area contributed by atoms with Crippen LogP contribution in [-0.2, 0) is 0 Å². The van der Waals surface area contributed by atoms with E-state index in [0.29, 0.717) is 15.7 Å². The molecule has 0 spiro atoms. The second-order valence-electron chi connectivity index (χ2n) is 3.86. The summed E-state index contributed by atoms with van der Waals surface area (Å²) in [6.07, 6.45) is 0. The van der Waals surface area contributed by atoms with Crippen molar-refractivity contribution in [1.82, 2.24) is 0 Å². The molecule has 2 rings (SSSR count). The second-order valence-corrected chi connectivity index (χ2v) is 5.12. The normalized spacial score (nSPS) is 10.1. The number of rotatable bonds is 3. The van der Waals surface area contributed by atoms with Crippen LogP contribution in [0.15, 0.2) is 46.9 Å². The Morgan fingerprint density at radius 1 is 1.25 bits per heavy atom. The van der Waals surface area contributed by atoms with Crippen molar-refractivity contribution in [2.45, 2.75) is 0 Å². The molecule has 7 heteroatoms. The third kappa shape index (κ3) is 3.15. The highest BCUT2D eigenvalue weighted by atomic mass is 79.9. The molecule has 2 aromatic rings. The lowest BCUT2D eigenvalue weighted by molar-refractivity contribution is -0.384. The van der Waals surface area contributed by atoms with Gasteiger partial charge < -0.3 is 5.32 Å². The summed E-state index contributed by atoms with van der Waals surface area (Å²) < 4.78 is 0.658. The molecule has 0 atom stereocenters. The Morgan fingerprint density at radius 2 is 1.95 bits per heavy atom. The maximum atomic E-state index is 12.0. The molecule has 0 bridgehead atoms. The first-order valence-electron chi connectivity index (χ1n) is 5.49. The molecule has 5 nitrogen and oxygen atoms in total. The zero-order chi connectivity index (χ0) is 14.7. The molecule has 0 radical (unpaired) electrons. The van der Waals surface area contributed by atoms with Crippen LogP contribution in [0, 0.1) is 10.1 Å². The summed E-state index contributed by atoms with van der Waals surface area (Å²) in [5, 5.41) is 13.3. The minimum absolute atomic E-state index is 0.0278. The van der Waals surface area contributed by atoms with E-state index < -0.39 is 4.92 Å². The van der Waals surface area contributed by atoms with Gasteiger partial charge in [0.1, 0.15) is 5.02 Å². The molecule has 0 aliphatic carbocycles. The number of carbonyl (C=O) groups is 1. The third-order valence-corrected chi connectivity index (χ3v) is 3.51. The van der Waals surface area contributed by atoms with E-state index in [9.17, 15) is 14.9 Å². The summed E-state index contributed by atoms with van der Waals surface area (Å²) in [6.45, 7) is 0. The predicted molar refractivity (Wildman–Crippen MR) is 80.2 cm³/mol. The Labute approximate surface area is 127 Å². The van der Waals surface area contributed by atoms with Gasteiger partial charge in [-0.25, -0.2) is 0 Å². The van der Waals surface area contributed by atoms with E-state index in [0.717, 1.165) is 0 Å². The molecule has 1 N–H and O–H groups in total. The number of benzene rings is 2. The molecule has 0 unspecified atom stereocenters. The topological polar surface area (TPSA) is 72.2 Å². The number of hydrogen-bond donors (Lipinski definition) is 1. The number of carbonyl (C=O) groups excluding carboxylic acids is 1. The zero-order valence-electron chi connectivity index (χ0n) is 9.97. The molecule has 1 amide bonds. The number of nitrogens with zero attached hydrogens (tertiary/aromatic N) is 1. The Kier molecular flexibility index (Phi) is 4.36. The fourth-order valence-corrected chi connectivity index (χ4v) is 2.29. The van der Waals surface area contributed by atoms with E-state index >= 15 is 0 Å². The van der Waals surface area contributed by atoms with Crippen LogP contribution in [0.25, 0.3) is 0 Å². The van der Waals surface area contributed by atoms with Crippen LogP contribution in [0.4, 0.5) is 11.4 Å². The summed E-state index contributed by atoms with van der Waals surface area (Å²) >= 11 is 9.06. The summed E-state index contributed by atoms with van der Waals surface area (Å²) in [4.78, 5) is 22.1. The summed E-state index contributed by atoms with van der Waals surface area (Å²) in [5.41, 5.74) is 0.647. The smallest absolute Gasteiger partial charge is 0.288 e. The minimum Gasteiger partial charge on any atom is -0.322 e. The van der Waals surface area contributed by atoms with Crippen molar-refractivity contribution in [3.8, 4) is 0 Å². The lowest BCUT2D eigenvalue weighted by atomic mass is 10.2. The van der Waals surface area contributed by atoms with E-state index in [2.05, 4.69) is 21.2 Å². The van der Waals surface area contributed by atoms with Gasteiger partial charge in [-0.05, 0) is 40.2 Å². The monoisotopic (exact) mass is 354 g/mol. The quantitative estimate of drug-likeness (QED) is 0.660. The van der Waals surface area contributed by atoms with E-state index in [1.54, 1.807) is 24.3 Å². The molecule has 0 aromatic heterocycles. The van der Waals surface area contributed by atoms with Crippen LogP contribution in [0.3, 0.4) is 0 Å². The number of nitrogens with one attached hydrogen (secondary N) is 1. The van der Waals surface area contributed by atoms with Crippen molar-refractivity contribution in [2.24, 2.45) is 0 Å². The predicted octanol–water partition coefficient (Wildman–Crippen LogP) is 4.26. The number of halogens is 2. The van der Waals surface area contributed by atoms with Crippen molar-refractivity contribution < 1.29 is 9.72 Å². The van der Waals surface area contributed by atoms with Crippen LogP contribution in [0.5, 0.6) is 0 Å². The minimum atomic E-state index is -0.582. The number of amides is 1. The molecule has 0 saturated carbocycles. The van der Waals surface area contributed by atoms with Gasteiger partial charge >= 0.3 is 0 Å². The maximum Gasteiger partial charge on any atom is 0.288 e. The molecule has 20 heavy (non-hydrogen) atoms. The second kappa shape index (κ2) is 6.02. The van der Waals surface area contributed by atoms with Crippen molar-refractivity contribution in [3.63, 3.8) is 0 Å². The highest BCUT2D eigenvalue weighted by Gasteiger charge is 2.14. The first-order chi connectivity index (χ1) is 9.49. The Bertz CT molecular complexity index is 691. The first kappa shape index (κ1) is 14.5. The van der Waals surface area contributed by atoms with Gasteiger partial charge in [-0.3, -0.25) is 14.9 Å². The Morgan fingerprint density at radius 3 is 2.55 bits per heavy atom. The Balaban J connectivity index is 2.23. The summed E-state index contributed by atoms with van der Waals surface area (Å²) in [5.74, 6) is -0.331. The average Bonchev–Trinajstić information content (AvgIpc) is 2.38. The van der Waals surface area contributed by atoms with Crippen LogP contribution in [0.2, 0.25) is 5.02 Å². The third-order valence-electron chi connectivity index (χ3n) is 2.52. The highest BCUT2D eigenvalue weighted by Crippen LogP contribution is 2.27. The SMILES string of the molecule is O=C(Nc1ccc([N+](=O)[O-])c(Cl)c1)c1ccccc1Br. The lowest BCUT2D eigenvalue weighted by Gasteiger charge is -2.07. The number of nitro groups is 1. The maximum absolute atomic E-state index is 12.0. The molecule has 0 heterocycles. The van der Waals surface area contributed by atoms with Gasteiger partial charge in [0.05, 0.1) is 10.5 Å². The van der Waals surface area contributed by atoms with Crippen LogP contribution >= 0.6 is 27.5 Å². The fraction of sp³-hybridized carbons (Fsp3) is 0. The van der Waals surface area contributed by atoms with Gasteiger partial charge in [-0.2, -0.15) is 0 Å². The molecular formula is C13H8BrClN2O3. The molecule has 102 valence electrons. The molecule has 2 aromatic carbocycles. The van der Waals surface area contributed by atoms with Crippen molar-refractivity contribution in [2.75, 3.05) is 5.32 Å². The summed E-state index contributed by atoms with van der Waals surface area (Å²) in [6, 6.07) is 11.0. The van der Waals surface area contributed by atoms with E-state index in [1.807, 2.05) is 0 Å². The fourth-order valence-electron chi connectivity index (χ4n) is 1.58. The number of anilines is 1. The van der Waals surface area contributed by atoms with Gasteiger partial charge in [0.2, 0.25) is 0 Å². The van der Waals surface area contributed by atoms with Crippen molar-refractivity contribution >= 4 is 44.8 Å². The molecule has 0 aliphatic rings. The highest BCUT2D eigenvalue weighted by molar-refractivity contribution is 9.10. The molecule has 0 aliphatic heterocycles. The summed E-state index contributed by atoms with van der Waals surface area (Å²) in [7, 11) is 0. The molecule has 0 fully saturated rings. The van der Waals surface area contributed by atoms with Crippen LogP contribution in [0.1, 0.15) is 10.4 Å². The van der Waals surface area contributed by atoms with Gasteiger partial charge in [-0.1, -0.05) is 23.7 Å². The van der Waals surface area contributed by atoms with Crippen molar-refractivity contribution in [1.29, 1.82) is 0 Å². The van der Waals surface area contributed by atoms with Gasteiger partial charge in [0, 0.05) is 16.2 Å². The first-order valence-corrected chi connectivity index (χ1v) is 6.66. The average molecular weight is 356 g/mol. The standard InChI is InChI=1S/C13H8BrClN2O3/c14-10-4-2-1-3-9(10)13(18)16-8-5-6-12(17(19)20)11(15)7-8/h1-7H,(H,16,18). The van der Waals surface area contributed by atoms with Gasteiger partial charge in [0.15, 0.2) is 0 Å². The number of nitro benzene ring substituents is 1. The van der Waals surface area contributed by atoms with Crippen molar-refractivity contribution in [3.05, 3.63) is 67.6 Å². The van der Waals surface area contributed by atoms with E-state index in [-0.39, 0.29) is 16.6 Å². The number of hydrogen-bond acceptors (Lipinski definition) is 3. The Hall–Kier alpha value is -1.92. The van der Waals surface area contributed by atoms with Gasteiger partial charge in [0.25, 0.3) is 11.6 Å². The van der Waals surface area contributed by atoms with Crippen LogP contribution < -0.4 is 5.32 Å². The largest absolute Gasteiger partial charge is 0.322 e. The van der Waals surface area contributed by atoms with E-state index in [4.69, 9.17) is 11.6 Å². The lowest BCUT2D eigenvalue weighted by Crippen LogP contribution is -2.12. The van der Waals surface area contributed by atoms with E-state index in [1.165, 1.54) is 18.2 Å². The molecule has 0 saturated heterocycles. The van der Waals surface area contributed by atoms with Crippen LogP contribution in [-0.4, -0.2) is 10.8 Å². The van der Waals surface area contributed by atoms with Gasteiger partial charge in [-0.15, -0.1) is 0 Å². The molecular weight excluding hydrogens is 348 g/mol.